The summed E-state index contributed by atoms with van der Waals surface area (Å²) in [7, 11) is 0. The van der Waals surface area contributed by atoms with E-state index in [1.54, 1.807) is 13.2 Å². The third-order valence-electron chi connectivity index (χ3n) is 0.174. The largest absolute Gasteiger partial charge is 2.00 e. The first-order valence-electron chi connectivity index (χ1n) is 2.87. The third kappa shape index (κ3) is 91.4. The molecular formula is C8H14OTi. The Kier molecular flexibility index (Phi) is 19.7. The zero-order valence-electron chi connectivity index (χ0n) is 6.90. The van der Waals surface area contributed by atoms with E-state index in [0.717, 1.165) is 0 Å². The molecule has 56 valence electrons. The van der Waals surface area contributed by atoms with Crippen LogP contribution in [0.1, 0.15) is 20.8 Å². The van der Waals surface area contributed by atoms with Crippen LogP contribution < -0.4 is 0 Å². The van der Waals surface area contributed by atoms with Crippen molar-refractivity contribution >= 4 is 6.29 Å². The first-order valence-corrected chi connectivity index (χ1v) is 2.87. The molecule has 0 aliphatic heterocycles. The Balaban J connectivity index is -0.0000000910. The van der Waals surface area contributed by atoms with Crippen LogP contribution in [0, 0.1) is 12.8 Å². The first kappa shape index (κ1) is 16.6. The Labute approximate surface area is 78.8 Å². The van der Waals surface area contributed by atoms with E-state index in [1.165, 1.54) is 0 Å². The summed E-state index contributed by atoms with van der Waals surface area (Å²) in [5, 5.41) is 0. The molecule has 0 heterocycles. The minimum absolute atomic E-state index is 0. The number of hydrogen-bond donors (Lipinski definition) is 0. The number of carbonyl (C=O) groups excluding carboxylic acids is 1. The molecule has 0 aromatic heterocycles. The van der Waals surface area contributed by atoms with E-state index < -0.39 is 0 Å². The summed E-state index contributed by atoms with van der Waals surface area (Å²) in [4.78, 5) is 9.28. The number of allylic oxidation sites excluding steroid dienone is 1. The first-order chi connectivity index (χ1) is 4.00. The Morgan fingerprint density at radius 1 is 1.60 bits per heavy atom. The minimum atomic E-state index is 0. The molecule has 0 aromatic rings. The molecule has 0 amide bonds. The average Bonchev–Trinajstić information content (AvgIpc) is 1.65. The van der Waals surface area contributed by atoms with E-state index in [-0.39, 0.29) is 21.7 Å². The van der Waals surface area contributed by atoms with Crippen LogP contribution in [0.25, 0.3) is 0 Å². The smallest absolute Gasteiger partial charge is 0.419 e. The monoisotopic (exact) mass is 174 g/mol. The van der Waals surface area contributed by atoms with Gasteiger partial charge in [0.15, 0.2) is 0 Å². The van der Waals surface area contributed by atoms with Crippen molar-refractivity contribution in [2.75, 3.05) is 0 Å². The predicted octanol–water partition coefficient (Wildman–Crippen LogP) is 2.15. The Bertz CT molecular complexity index is 84.5. The fourth-order valence-corrected chi connectivity index (χ4v) is 0. The van der Waals surface area contributed by atoms with Gasteiger partial charge in [0.05, 0.1) is 0 Å². The van der Waals surface area contributed by atoms with E-state index in [0.29, 0.717) is 11.5 Å². The van der Waals surface area contributed by atoms with Crippen molar-refractivity contribution in [3.05, 3.63) is 19.1 Å². The topological polar surface area (TPSA) is 17.1 Å². The molecule has 0 atom stereocenters. The Morgan fingerprint density at radius 2 is 1.70 bits per heavy atom. The summed E-state index contributed by atoms with van der Waals surface area (Å²) < 4.78 is 0. The molecule has 0 rings (SSSR count). The fourth-order valence-electron chi connectivity index (χ4n) is 0. The average molecular weight is 174 g/mol. The van der Waals surface area contributed by atoms with E-state index in [9.17, 15) is 4.79 Å². The third-order valence-corrected chi connectivity index (χ3v) is 0.174. The van der Waals surface area contributed by atoms with Gasteiger partial charge in [-0.15, -0.1) is 0 Å². The second-order valence-electron chi connectivity index (χ2n) is 2.28. The van der Waals surface area contributed by atoms with Crippen molar-refractivity contribution < 1.29 is 26.5 Å². The van der Waals surface area contributed by atoms with Crippen LogP contribution in [0.15, 0.2) is 12.2 Å². The van der Waals surface area contributed by atoms with Gasteiger partial charge in [0.1, 0.15) is 0 Å². The van der Waals surface area contributed by atoms with Gasteiger partial charge >= 0.3 is 21.7 Å². The van der Waals surface area contributed by atoms with Gasteiger partial charge in [-0.05, 0) is 6.29 Å². The zero-order valence-corrected chi connectivity index (χ0v) is 8.46. The molecule has 0 unspecified atom stereocenters. The van der Waals surface area contributed by atoms with Crippen molar-refractivity contribution in [2.45, 2.75) is 20.8 Å². The Morgan fingerprint density at radius 3 is 1.70 bits per heavy atom. The van der Waals surface area contributed by atoms with Crippen LogP contribution in [0.4, 0.5) is 0 Å². The molecule has 0 saturated heterocycles. The van der Waals surface area contributed by atoms with Crippen molar-refractivity contribution in [2.24, 2.45) is 5.92 Å². The molecule has 2 heteroatoms. The second kappa shape index (κ2) is 11.9. The van der Waals surface area contributed by atoms with Crippen LogP contribution in [0.2, 0.25) is 0 Å². The van der Waals surface area contributed by atoms with Crippen LogP contribution >= 0.6 is 0 Å². The van der Waals surface area contributed by atoms with Crippen molar-refractivity contribution in [1.82, 2.24) is 0 Å². The summed E-state index contributed by atoms with van der Waals surface area (Å²) in [5.74, 6) is 0.583. The summed E-state index contributed by atoms with van der Waals surface area (Å²) in [6.45, 7) is 12.6. The van der Waals surface area contributed by atoms with Gasteiger partial charge in [0.25, 0.3) is 0 Å². The van der Waals surface area contributed by atoms with Crippen LogP contribution in [0.3, 0.4) is 0 Å². The molecule has 0 saturated carbocycles. The van der Waals surface area contributed by atoms with Gasteiger partial charge in [-0.2, -0.15) is 11.5 Å². The van der Waals surface area contributed by atoms with Gasteiger partial charge in [-0.3, -0.25) is 0 Å². The predicted molar refractivity (Wildman–Crippen MR) is 40.7 cm³/mol. The van der Waals surface area contributed by atoms with E-state index in [2.05, 4.69) is 27.4 Å². The quantitative estimate of drug-likeness (QED) is 0.338. The standard InChI is InChI=1S/C4H5O.C4H9.Ti/c1-4(2)3-5;1-4(2)3;/h1H2,2H3;4H,1H2,2-3H3;/q2*-1;+2. The van der Waals surface area contributed by atoms with Crippen molar-refractivity contribution in [3.63, 3.8) is 0 Å². The molecular weight excluding hydrogens is 160 g/mol. The summed E-state index contributed by atoms with van der Waals surface area (Å²) in [6, 6.07) is 0. The van der Waals surface area contributed by atoms with Crippen molar-refractivity contribution in [1.29, 1.82) is 0 Å². The summed E-state index contributed by atoms with van der Waals surface area (Å²) in [6.07, 6.45) is 1.58. The molecule has 0 aromatic carbocycles. The van der Waals surface area contributed by atoms with Gasteiger partial charge in [-0.25, -0.2) is 6.58 Å². The summed E-state index contributed by atoms with van der Waals surface area (Å²) in [5.41, 5.74) is 0.449. The molecule has 0 fully saturated rings. The maximum Gasteiger partial charge on any atom is 2.00 e. The molecule has 0 aliphatic rings. The van der Waals surface area contributed by atoms with Crippen molar-refractivity contribution in [3.8, 4) is 0 Å². The number of rotatable bonds is 1. The van der Waals surface area contributed by atoms with E-state index in [1.807, 2.05) is 0 Å². The maximum atomic E-state index is 9.28. The molecule has 0 N–H and O–H groups in total. The van der Waals surface area contributed by atoms with Gasteiger partial charge in [-0.1, -0.05) is 20.8 Å². The molecule has 0 bridgehead atoms. The molecule has 0 aliphatic carbocycles. The maximum absolute atomic E-state index is 9.28. The molecule has 10 heavy (non-hydrogen) atoms. The normalized spacial score (nSPS) is 6.90. The van der Waals surface area contributed by atoms with E-state index >= 15 is 0 Å². The SMILES string of the molecule is C=C(C)[C-]=O.[CH2-]C(C)C.[Ti+2]. The van der Waals surface area contributed by atoms with E-state index in [4.69, 9.17) is 0 Å². The van der Waals surface area contributed by atoms with Crippen LogP contribution in [-0.4, -0.2) is 6.29 Å². The molecule has 0 spiro atoms. The van der Waals surface area contributed by atoms with Gasteiger partial charge in [0.2, 0.25) is 0 Å². The Hall–Kier alpha value is 0.124. The number of hydrogen-bond acceptors (Lipinski definition) is 1. The summed E-state index contributed by atoms with van der Waals surface area (Å²) >= 11 is 0. The zero-order chi connectivity index (χ0) is 7.86. The minimum Gasteiger partial charge on any atom is -0.419 e. The van der Waals surface area contributed by atoms with Gasteiger partial charge < -0.3 is 11.7 Å². The molecule has 1 nitrogen and oxygen atoms in total. The molecule has 0 radical (unpaired) electrons. The van der Waals surface area contributed by atoms with Crippen LogP contribution in [-0.2, 0) is 26.5 Å². The second-order valence-corrected chi connectivity index (χ2v) is 2.28. The fraction of sp³-hybridized carbons (Fsp3) is 0.500. The van der Waals surface area contributed by atoms with Crippen LogP contribution in [0.5, 0.6) is 0 Å². The van der Waals surface area contributed by atoms with Gasteiger partial charge in [0, 0.05) is 0 Å².